The second-order valence-electron chi connectivity index (χ2n) is 12.8. The summed E-state index contributed by atoms with van der Waals surface area (Å²) < 4.78 is 40.6. The van der Waals surface area contributed by atoms with Crippen LogP contribution in [0.2, 0.25) is 0 Å². The Labute approximate surface area is 304 Å². The summed E-state index contributed by atoms with van der Waals surface area (Å²) in [5.41, 5.74) is 6.39. The Morgan fingerprint density at radius 2 is 1.16 bits per heavy atom. The lowest BCUT2D eigenvalue weighted by Crippen LogP contribution is -2.18. The minimum Gasteiger partial charge on any atom is -0.383 e. The van der Waals surface area contributed by atoms with Crippen LogP contribution in [0.3, 0.4) is 0 Å². The highest BCUT2D eigenvalue weighted by Gasteiger charge is 2.23. The van der Waals surface area contributed by atoms with Gasteiger partial charge >= 0.3 is 0 Å². The van der Waals surface area contributed by atoms with Gasteiger partial charge in [0.25, 0.3) is 0 Å². The van der Waals surface area contributed by atoms with Crippen LogP contribution in [0.5, 0.6) is 0 Å². The van der Waals surface area contributed by atoms with Gasteiger partial charge in [-0.2, -0.15) is 8.75 Å². The molecule has 50 heavy (non-hydrogen) atoms. The van der Waals surface area contributed by atoms with Gasteiger partial charge in [-0.25, -0.2) is 8.78 Å². The van der Waals surface area contributed by atoms with Crippen LogP contribution in [0.1, 0.15) is 59.8 Å². The van der Waals surface area contributed by atoms with Crippen molar-refractivity contribution >= 4 is 67.6 Å². The molecule has 0 bridgehead atoms. The molecule has 3 aromatic heterocycles. The van der Waals surface area contributed by atoms with Crippen LogP contribution in [0.25, 0.3) is 63.6 Å². The van der Waals surface area contributed by atoms with Gasteiger partial charge in [-0.05, 0) is 97.6 Å². The van der Waals surface area contributed by atoms with Crippen molar-refractivity contribution in [1.29, 1.82) is 0 Å². The molecule has 0 spiro atoms. The Kier molecular flexibility index (Phi) is 10.3. The standard InChI is InChI=1S/C41H40F2N4S3/c1-5-8-11-25(7-3)45-27-15-17-31(33(43)23-27)35-19-21-37(49-35)39-29-13-10-9-12-28(29)38(40-41(39)47-50-46-40)36-20-18-34(48-36)30-16-14-26(22-32(30)42)44-24(4)6-2/h9-10,12-25,44-45H,5-8,11H2,1-4H3. The van der Waals surface area contributed by atoms with Crippen LogP contribution in [0, 0.1) is 11.6 Å². The summed E-state index contributed by atoms with van der Waals surface area (Å²) in [6.45, 7) is 8.56. The molecule has 0 radical (unpaired) electrons. The number of hydrogen-bond donors (Lipinski definition) is 2. The zero-order valence-corrected chi connectivity index (χ0v) is 31.1. The topological polar surface area (TPSA) is 49.8 Å². The normalized spacial score (nSPS) is 12.8. The van der Waals surface area contributed by atoms with E-state index in [-0.39, 0.29) is 17.7 Å². The Hall–Kier alpha value is -4.18. The molecule has 0 aliphatic rings. The summed E-state index contributed by atoms with van der Waals surface area (Å²) in [4.78, 5) is 3.73. The summed E-state index contributed by atoms with van der Waals surface area (Å²) in [6, 6.07) is 27.9. The third-order valence-electron chi connectivity index (χ3n) is 9.40. The molecule has 4 aromatic carbocycles. The van der Waals surface area contributed by atoms with Crippen LogP contribution < -0.4 is 10.6 Å². The van der Waals surface area contributed by atoms with Crippen molar-refractivity contribution in [3.05, 3.63) is 96.6 Å². The van der Waals surface area contributed by atoms with Crippen molar-refractivity contribution in [2.75, 3.05) is 10.6 Å². The fourth-order valence-electron chi connectivity index (χ4n) is 6.48. The van der Waals surface area contributed by atoms with Crippen molar-refractivity contribution in [1.82, 2.24) is 8.75 Å². The van der Waals surface area contributed by atoms with Gasteiger partial charge < -0.3 is 10.6 Å². The minimum absolute atomic E-state index is 0.235. The van der Waals surface area contributed by atoms with E-state index < -0.39 is 0 Å². The number of halogens is 2. The van der Waals surface area contributed by atoms with Gasteiger partial charge in [0, 0.05) is 65.2 Å². The molecule has 3 heterocycles. The molecule has 0 amide bonds. The number of nitrogens with one attached hydrogen (secondary N) is 2. The molecular formula is C41H40F2N4S3. The molecule has 4 nitrogen and oxygen atoms in total. The number of unbranched alkanes of at least 4 members (excludes halogenated alkanes) is 1. The molecular weight excluding hydrogens is 683 g/mol. The number of thiophene rings is 2. The van der Waals surface area contributed by atoms with Gasteiger partial charge in [0.05, 0.1) is 11.7 Å². The van der Waals surface area contributed by atoms with Gasteiger partial charge in [0.15, 0.2) is 0 Å². The molecule has 2 N–H and O–H groups in total. The molecule has 7 aromatic rings. The van der Waals surface area contributed by atoms with E-state index in [2.05, 4.69) is 62.6 Å². The maximum Gasteiger partial charge on any atom is 0.133 e. The molecule has 0 aliphatic heterocycles. The lowest BCUT2D eigenvalue weighted by Gasteiger charge is -2.18. The predicted molar refractivity (Wildman–Crippen MR) is 213 cm³/mol. The first-order valence-corrected chi connectivity index (χ1v) is 19.7. The van der Waals surface area contributed by atoms with Crippen LogP contribution >= 0.6 is 34.4 Å². The number of rotatable bonds is 13. The van der Waals surface area contributed by atoms with Crippen molar-refractivity contribution in [3.8, 4) is 41.8 Å². The first kappa shape index (κ1) is 34.3. The maximum absolute atomic E-state index is 15.6. The fraction of sp³-hybridized carbons (Fsp3) is 0.268. The molecule has 256 valence electrons. The lowest BCUT2D eigenvalue weighted by atomic mass is 9.95. The van der Waals surface area contributed by atoms with Crippen LogP contribution in [-0.2, 0) is 0 Å². The summed E-state index contributed by atoms with van der Waals surface area (Å²) in [5, 5.41) is 8.98. The van der Waals surface area contributed by atoms with Gasteiger partial charge in [-0.1, -0.05) is 57.9 Å². The van der Waals surface area contributed by atoms with E-state index in [0.717, 1.165) is 95.9 Å². The van der Waals surface area contributed by atoms with Crippen LogP contribution in [-0.4, -0.2) is 20.8 Å². The Bertz CT molecular complexity index is 2270. The third kappa shape index (κ3) is 6.78. The predicted octanol–water partition coefficient (Wildman–Crippen LogP) is 13.5. The molecule has 2 atom stereocenters. The second kappa shape index (κ2) is 15.0. The van der Waals surface area contributed by atoms with Crippen molar-refractivity contribution in [3.63, 3.8) is 0 Å². The molecule has 0 aliphatic carbocycles. The monoisotopic (exact) mass is 722 g/mol. The number of benzene rings is 4. The van der Waals surface area contributed by atoms with Crippen molar-refractivity contribution in [2.45, 2.75) is 71.9 Å². The summed E-state index contributed by atoms with van der Waals surface area (Å²) >= 11 is 4.31. The van der Waals surface area contributed by atoms with E-state index in [1.54, 1.807) is 34.8 Å². The first-order chi connectivity index (χ1) is 24.4. The SMILES string of the molecule is CCCCC(CC)Nc1ccc(-c2ccc(-c3c4ccccc4c(-c4ccc(-c5ccc(NC(C)CC)cc5F)s4)c4nsnc34)s2)c(F)c1. The minimum atomic E-state index is -0.250. The average molecular weight is 723 g/mol. The van der Waals surface area contributed by atoms with E-state index in [4.69, 9.17) is 8.75 Å². The first-order valence-electron chi connectivity index (χ1n) is 17.4. The number of nitrogens with zero attached hydrogens (tertiary/aromatic N) is 2. The molecule has 0 saturated carbocycles. The van der Waals surface area contributed by atoms with Gasteiger partial charge in [-0.15, -0.1) is 22.7 Å². The maximum atomic E-state index is 15.6. The largest absolute Gasteiger partial charge is 0.383 e. The third-order valence-corrected chi connectivity index (χ3v) is 12.2. The second-order valence-corrected chi connectivity index (χ2v) is 15.5. The highest BCUT2D eigenvalue weighted by atomic mass is 32.1. The number of fused-ring (bicyclic) bond motifs is 2. The zero-order valence-electron chi connectivity index (χ0n) is 28.6. The zero-order chi connectivity index (χ0) is 34.8. The quantitative estimate of drug-likeness (QED) is 0.124. The molecule has 0 saturated heterocycles. The number of hydrogen-bond acceptors (Lipinski definition) is 7. The Morgan fingerprint density at radius 1 is 0.640 bits per heavy atom. The molecule has 2 unspecified atom stereocenters. The van der Waals surface area contributed by atoms with Crippen LogP contribution in [0.15, 0.2) is 84.9 Å². The van der Waals surface area contributed by atoms with Gasteiger partial charge in [0.1, 0.15) is 22.7 Å². The van der Waals surface area contributed by atoms with Gasteiger partial charge in [0.2, 0.25) is 0 Å². The van der Waals surface area contributed by atoms with Crippen molar-refractivity contribution in [2.24, 2.45) is 0 Å². The fourth-order valence-corrected chi connectivity index (χ4v) is 9.23. The molecule has 0 fully saturated rings. The van der Waals surface area contributed by atoms with E-state index in [0.29, 0.717) is 17.2 Å². The number of anilines is 2. The number of aromatic nitrogens is 2. The van der Waals surface area contributed by atoms with Crippen LogP contribution in [0.4, 0.5) is 20.2 Å². The van der Waals surface area contributed by atoms with E-state index in [1.807, 2.05) is 48.5 Å². The highest BCUT2D eigenvalue weighted by molar-refractivity contribution is 7.19. The Morgan fingerprint density at radius 3 is 1.64 bits per heavy atom. The smallest absolute Gasteiger partial charge is 0.133 e. The highest BCUT2D eigenvalue weighted by Crippen LogP contribution is 2.48. The molecule has 7 rings (SSSR count). The summed E-state index contributed by atoms with van der Waals surface area (Å²) in [7, 11) is 0. The average Bonchev–Trinajstić information content (AvgIpc) is 3.91. The van der Waals surface area contributed by atoms with Crippen molar-refractivity contribution < 1.29 is 8.78 Å². The summed E-state index contributed by atoms with van der Waals surface area (Å²) in [5.74, 6) is -0.485. The van der Waals surface area contributed by atoms with E-state index in [1.165, 1.54) is 11.7 Å². The lowest BCUT2D eigenvalue weighted by molar-refractivity contribution is 0.591. The van der Waals surface area contributed by atoms with E-state index >= 15 is 8.78 Å². The van der Waals surface area contributed by atoms with Gasteiger partial charge in [-0.3, -0.25) is 0 Å². The summed E-state index contributed by atoms with van der Waals surface area (Å²) in [6.07, 6.45) is 5.34. The van der Waals surface area contributed by atoms with E-state index in [9.17, 15) is 0 Å². The molecule has 9 heteroatoms. The Balaban J connectivity index is 1.24.